The molecule has 0 radical (unpaired) electrons. The Morgan fingerprint density at radius 1 is 1.04 bits per heavy atom. The molecule has 0 saturated carbocycles. The highest BCUT2D eigenvalue weighted by Crippen LogP contribution is 2.28. The van der Waals surface area contributed by atoms with Crippen molar-refractivity contribution in [2.24, 2.45) is 0 Å². The molecule has 1 aliphatic heterocycles. The van der Waals surface area contributed by atoms with Crippen LogP contribution in [0.3, 0.4) is 0 Å². The van der Waals surface area contributed by atoms with Crippen LogP contribution in [0.15, 0.2) is 48.7 Å². The van der Waals surface area contributed by atoms with Crippen LogP contribution in [0.4, 0.5) is 10.1 Å². The van der Waals surface area contributed by atoms with E-state index in [-0.39, 0.29) is 5.56 Å². The van der Waals surface area contributed by atoms with E-state index >= 15 is 0 Å². The van der Waals surface area contributed by atoms with Gasteiger partial charge in [-0.1, -0.05) is 6.07 Å². The number of anilines is 1. The van der Waals surface area contributed by atoms with E-state index in [1.54, 1.807) is 16.9 Å². The summed E-state index contributed by atoms with van der Waals surface area (Å²) < 4.78 is 15.6. The number of hydrogen-bond acceptors (Lipinski definition) is 4. The average Bonchev–Trinajstić information content (AvgIpc) is 3.21. The highest BCUT2D eigenvalue weighted by Gasteiger charge is 2.14. The van der Waals surface area contributed by atoms with Crippen LogP contribution >= 0.6 is 0 Å². The van der Waals surface area contributed by atoms with Crippen molar-refractivity contribution in [1.29, 1.82) is 0 Å². The fourth-order valence-electron chi connectivity index (χ4n) is 3.46. The fraction of sp³-hybridized carbons (Fsp3) is 0.238. The van der Waals surface area contributed by atoms with Crippen LogP contribution in [-0.2, 0) is 0 Å². The lowest BCUT2D eigenvalue weighted by Crippen LogP contribution is -2.29. The SMILES string of the molecule is O=Cc1cc(-c2ccn(-c3cccc(N4CCCCC4)c3)n2)cc(F)c1O. The third-order valence-corrected chi connectivity index (χ3v) is 4.92. The van der Waals surface area contributed by atoms with Gasteiger partial charge in [-0.2, -0.15) is 5.10 Å². The predicted molar refractivity (Wildman–Crippen MR) is 102 cm³/mol. The number of hydrogen-bond donors (Lipinski definition) is 1. The van der Waals surface area contributed by atoms with Crippen molar-refractivity contribution in [2.45, 2.75) is 19.3 Å². The van der Waals surface area contributed by atoms with E-state index in [2.05, 4.69) is 22.1 Å². The molecule has 2 heterocycles. The van der Waals surface area contributed by atoms with Gasteiger partial charge in [0.05, 0.1) is 16.9 Å². The number of halogens is 1. The molecule has 0 amide bonds. The molecule has 3 aromatic rings. The van der Waals surface area contributed by atoms with Gasteiger partial charge in [-0.15, -0.1) is 0 Å². The molecule has 6 heteroatoms. The van der Waals surface area contributed by atoms with Crippen LogP contribution in [0.2, 0.25) is 0 Å². The second kappa shape index (κ2) is 7.23. The van der Waals surface area contributed by atoms with Crippen molar-refractivity contribution in [1.82, 2.24) is 9.78 Å². The summed E-state index contributed by atoms with van der Waals surface area (Å²) in [5.41, 5.74) is 2.97. The third kappa shape index (κ3) is 3.43. The van der Waals surface area contributed by atoms with E-state index in [0.29, 0.717) is 17.5 Å². The minimum Gasteiger partial charge on any atom is -0.504 e. The Labute approximate surface area is 156 Å². The van der Waals surface area contributed by atoms with Gasteiger partial charge in [0.15, 0.2) is 17.9 Å². The van der Waals surface area contributed by atoms with Gasteiger partial charge in [0.1, 0.15) is 0 Å². The molecule has 0 atom stereocenters. The first-order chi connectivity index (χ1) is 13.2. The molecular formula is C21H20FN3O2. The summed E-state index contributed by atoms with van der Waals surface area (Å²) in [5, 5.41) is 14.1. The highest BCUT2D eigenvalue weighted by atomic mass is 19.1. The van der Waals surface area contributed by atoms with Crippen molar-refractivity contribution < 1.29 is 14.3 Å². The average molecular weight is 365 g/mol. The fourth-order valence-corrected chi connectivity index (χ4v) is 3.46. The van der Waals surface area contributed by atoms with Gasteiger partial charge in [0.2, 0.25) is 0 Å². The number of nitrogens with zero attached hydrogens (tertiary/aromatic N) is 3. The Hall–Kier alpha value is -3.15. The molecule has 5 nitrogen and oxygen atoms in total. The summed E-state index contributed by atoms with van der Waals surface area (Å²) in [6.45, 7) is 2.13. The van der Waals surface area contributed by atoms with Gasteiger partial charge >= 0.3 is 0 Å². The van der Waals surface area contributed by atoms with Crippen LogP contribution in [0, 0.1) is 5.82 Å². The van der Waals surface area contributed by atoms with Gasteiger partial charge < -0.3 is 10.0 Å². The monoisotopic (exact) mass is 365 g/mol. The Morgan fingerprint density at radius 2 is 1.81 bits per heavy atom. The summed E-state index contributed by atoms with van der Waals surface area (Å²) in [4.78, 5) is 13.4. The number of aldehydes is 1. The zero-order chi connectivity index (χ0) is 18.8. The zero-order valence-corrected chi connectivity index (χ0v) is 14.8. The van der Waals surface area contributed by atoms with E-state index in [9.17, 15) is 14.3 Å². The molecule has 138 valence electrons. The Bertz CT molecular complexity index is 977. The van der Waals surface area contributed by atoms with E-state index in [1.165, 1.54) is 37.1 Å². The topological polar surface area (TPSA) is 58.4 Å². The Kier molecular flexibility index (Phi) is 4.62. The lowest BCUT2D eigenvalue weighted by molar-refractivity contribution is 0.112. The molecule has 0 bridgehead atoms. The van der Waals surface area contributed by atoms with Crippen LogP contribution in [0.1, 0.15) is 29.6 Å². The largest absolute Gasteiger partial charge is 0.504 e. The first-order valence-electron chi connectivity index (χ1n) is 9.05. The normalized spacial score (nSPS) is 14.3. The molecule has 1 saturated heterocycles. The van der Waals surface area contributed by atoms with Crippen molar-refractivity contribution in [3.63, 3.8) is 0 Å². The summed E-state index contributed by atoms with van der Waals surface area (Å²) >= 11 is 0. The van der Waals surface area contributed by atoms with Crippen molar-refractivity contribution in [2.75, 3.05) is 18.0 Å². The molecule has 1 aromatic heterocycles. The van der Waals surface area contributed by atoms with Gasteiger partial charge in [-0.05, 0) is 55.7 Å². The predicted octanol–water partition coefficient (Wildman–Crippen LogP) is 4.19. The van der Waals surface area contributed by atoms with Crippen LogP contribution in [0.5, 0.6) is 5.75 Å². The summed E-state index contributed by atoms with van der Waals surface area (Å²) in [6.07, 6.45) is 5.94. The molecule has 1 N–H and O–H groups in total. The second-order valence-corrected chi connectivity index (χ2v) is 6.73. The number of aromatic nitrogens is 2. The maximum atomic E-state index is 13.9. The van der Waals surface area contributed by atoms with Gasteiger partial charge in [0.25, 0.3) is 0 Å². The Morgan fingerprint density at radius 3 is 2.59 bits per heavy atom. The highest BCUT2D eigenvalue weighted by molar-refractivity contribution is 5.82. The first-order valence-corrected chi connectivity index (χ1v) is 9.05. The van der Waals surface area contributed by atoms with E-state index < -0.39 is 11.6 Å². The minimum absolute atomic E-state index is 0.0911. The summed E-state index contributed by atoms with van der Waals surface area (Å²) in [5.74, 6) is -1.47. The molecule has 0 unspecified atom stereocenters. The number of rotatable bonds is 4. The molecular weight excluding hydrogens is 345 g/mol. The van der Waals surface area contributed by atoms with E-state index in [1.807, 2.05) is 12.1 Å². The Balaban J connectivity index is 1.65. The van der Waals surface area contributed by atoms with Crippen LogP contribution in [0.25, 0.3) is 16.9 Å². The zero-order valence-electron chi connectivity index (χ0n) is 14.8. The first kappa shape index (κ1) is 17.3. The number of phenols is 1. The van der Waals surface area contributed by atoms with Gasteiger partial charge in [-0.25, -0.2) is 9.07 Å². The van der Waals surface area contributed by atoms with Crippen molar-refractivity contribution in [3.8, 4) is 22.7 Å². The maximum Gasteiger partial charge on any atom is 0.166 e. The van der Waals surface area contributed by atoms with Crippen molar-refractivity contribution >= 4 is 12.0 Å². The molecule has 0 spiro atoms. The molecule has 1 aliphatic rings. The second-order valence-electron chi connectivity index (χ2n) is 6.73. The van der Waals surface area contributed by atoms with Crippen LogP contribution in [-0.4, -0.2) is 34.3 Å². The quantitative estimate of drug-likeness (QED) is 0.705. The molecule has 27 heavy (non-hydrogen) atoms. The lowest BCUT2D eigenvalue weighted by Gasteiger charge is -2.29. The van der Waals surface area contributed by atoms with Crippen molar-refractivity contribution in [3.05, 3.63) is 60.0 Å². The van der Waals surface area contributed by atoms with Crippen LogP contribution < -0.4 is 4.90 Å². The minimum atomic E-state index is -0.837. The van der Waals surface area contributed by atoms with E-state index in [0.717, 1.165) is 18.8 Å². The molecule has 2 aromatic carbocycles. The number of aromatic hydroxyl groups is 1. The van der Waals surface area contributed by atoms with Gasteiger partial charge in [-0.3, -0.25) is 4.79 Å². The number of carbonyl (C=O) groups excluding carboxylic acids is 1. The summed E-state index contributed by atoms with van der Waals surface area (Å²) in [6, 6.07) is 12.5. The number of benzene rings is 2. The smallest absolute Gasteiger partial charge is 0.166 e. The van der Waals surface area contributed by atoms with Gasteiger partial charge in [0, 0.05) is 30.5 Å². The number of phenolic OH excluding ortho intramolecular Hbond substituents is 1. The molecule has 0 aliphatic carbocycles. The maximum absolute atomic E-state index is 13.9. The number of carbonyl (C=O) groups is 1. The van der Waals surface area contributed by atoms with E-state index in [4.69, 9.17) is 0 Å². The molecule has 1 fully saturated rings. The standard InChI is InChI=1S/C21H20FN3O2/c22-19-12-15(11-16(14-26)21(19)27)20-7-10-25(23-20)18-6-4-5-17(13-18)24-8-2-1-3-9-24/h4-7,10-14,27H,1-3,8-9H2. The lowest BCUT2D eigenvalue weighted by atomic mass is 10.1. The number of piperidine rings is 1. The molecule has 4 rings (SSSR count). The summed E-state index contributed by atoms with van der Waals surface area (Å²) in [7, 11) is 0. The third-order valence-electron chi connectivity index (χ3n) is 4.92.